The molecular formula is C17H25N3. The molecule has 3 heteroatoms. The Morgan fingerprint density at radius 1 is 1.20 bits per heavy atom. The highest BCUT2D eigenvalue weighted by molar-refractivity contribution is 5.71. The zero-order chi connectivity index (χ0) is 14.7. The Balaban J connectivity index is 2.46. The summed E-state index contributed by atoms with van der Waals surface area (Å²) in [6.45, 7) is 9.58. The average Bonchev–Trinajstić information content (AvgIpc) is 2.75. The molecule has 108 valence electrons. The molecule has 2 N–H and O–H groups in total. The van der Waals surface area contributed by atoms with Crippen LogP contribution in [0.15, 0.2) is 24.3 Å². The highest BCUT2D eigenvalue weighted by Gasteiger charge is 2.17. The first kappa shape index (κ1) is 14.6. The van der Waals surface area contributed by atoms with Crippen LogP contribution in [0.5, 0.6) is 0 Å². The van der Waals surface area contributed by atoms with Crippen molar-refractivity contribution in [1.29, 1.82) is 0 Å². The fourth-order valence-corrected chi connectivity index (χ4v) is 2.40. The van der Waals surface area contributed by atoms with E-state index < -0.39 is 0 Å². The molecule has 1 heterocycles. The second kappa shape index (κ2) is 6.12. The van der Waals surface area contributed by atoms with Crippen LogP contribution in [-0.2, 0) is 6.54 Å². The molecule has 1 aromatic carbocycles. The molecule has 0 fully saturated rings. The zero-order valence-corrected chi connectivity index (χ0v) is 13.0. The van der Waals surface area contributed by atoms with Crippen molar-refractivity contribution in [2.45, 2.75) is 53.0 Å². The molecule has 2 rings (SSSR count). The van der Waals surface area contributed by atoms with E-state index >= 15 is 0 Å². The summed E-state index contributed by atoms with van der Waals surface area (Å²) in [6.07, 6.45) is 2.29. The van der Waals surface area contributed by atoms with Crippen LogP contribution in [0.4, 0.5) is 5.82 Å². The van der Waals surface area contributed by atoms with Crippen LogP contribution in [0.1, 0.15) is 50.9 Å². The Labute approximate surface area is 121 Å². The predicted octanol–water partition coefficient (Wildman–Crippen LogP) is 4.36. The minimum atomic E-state index is 0.383. The highest BCUT2D eigenvalue weighted by atomic mass is 15.1. The van der Waals surface area contributed by atoms with E-state index in [1.807, 2.05) is 0 Å². The molecule has 0 aliphatic carbocycles. The number of nitrogen functional groups attached to an aromatic ring is 1. The van der Waals surface area contributed by atoms with Gasteiger partial charge in [-0.05, 0) is 13.3 Å². The van der Waals surface area contributed by atoms with Crippen molar-refractivity contribution in [2.75, 3.05) is 5.73 Å². The van der Waals surface area contributed by atoms with E-state index in [2.05, 4.69) is 56.5 Å². The molecular weight excluding hydrogens is 246 g/mol. The number of benzene rings is 1. The molecule has 0 saturated heterocycles. The lowest BCUT2D eigenvalue weighted by atomic mass is 10.1. The Bertz CT molecular complexity index is 565. The lowest BCUT2D eigenvalue weighted by molar-refractivity contribution is 0.588. The molecule has 0 aliphatic heterocycles. The summed E-state index contributed by atoms with van der Waals surface area (Å²) in [5, 5.41) is 0. The van der Waals surface area contributed by atoms with Crippen molar-refractivity contribution < 1.29 is 0 Å². The Hall–Kier alpha value is -1.77. The van der Waals surface area contributed by atoms with E-state index in [1.54, 1.807) is 0 Å². The van der Waals surface area contributed by atoms with Crippen molar-refractivity contribution in [1.82, 2.24) is 9.55 Å². The maximum atomic E-state index is 6.35. The van der Waals surface area contributed by atoms with Crippen molar-refractivity contribution >= 4 is 5.82 Å². The van der Waals surface area contributed by atoms with Crippen LogP contribution in [0.3, 0.4) is 0 Å². The number of hydrogen-bond donors (Lipinski definition) is 1. The van der Waals surface area contributed by atoms with Gasteiger partial charge in [-0.1, -0.05) is 57.0 Å². The van der Waals surface area contributed by atoms with Crippen LogP contribution >= 0.6 is 0 Å². The standard InChI is InChI=1S/C17H25N3/c1-5-6-11-20-16(18)15(19-17(20)12(2)3)14-9-7-13(4)8-10-14/h7-10,12H,5-6,11,18H2,1-4H3. The van der Waals surface area contributed by atoms with Gasteiger partial charge in [0, 0.05) is 18.0 Å². The van der Waals surface area contributed by atoms with Gasteiger partial charge in [-0.25, -0.2) is 4.98 Å². The van der Waals surface area contributed by atoms with E-state index in [-0.39, 0.29) is 0 Å². The molecule has 0 aliphatic rings. The van der Waals surface area contributed by atoms with Crippen LogP contribution in [0.2, 0.25) is 0 Å². The zero-order valence-electron chi connectivity index (χ0n) is 13.0. The third-order valence-corrected chi connectivity index (χ3v) is 3.61. The third-order valence-electron chi connectivity index (χ3n) is 3.61. The molecule has 0 atom stereocenters. The van der Waals surface area contributed by atoms with E-state index in [0.717, 1.165) is 42.3 Å². The van der Waals surface area contributed by atoms with E-state index in [4.69, 9.17) is 10.7 Å². The van der Waals surface area contributed by atoms with Gasteiger partial charge < -0.3 is 10.3 Å². The summed E-state index contributed by atoms with van der Waals surface area (Å²) in [5.41, 5.74) is 9.63. The van der Waals surface area contributed by atoms with Gasteiger partial charge in [-0.15, -0.1) is 0 Å². The molecule has 0 saturated carbocycles. The second-order valence-electron chi connectivity index (χ2n) is 5.73. The fraction of sp³-hybridized carbons (Fsp3) is 0.471. The molecule has 0 amide bonds. The minimum absolute atomic E-state index is 0.383. The van der Waals surface area contributed by atoms with Crippen LogP contribution in [0.25, 0.3) is 11.3 Å². The first-order valence-corrected chi connectivity index (χ1v) is 7.47. The molecule has 0 unspecified atom stereocenters. The SMILES string of the molecule is CCCCn1c(C(C)C)nc(-c2ccc(C)cc2)c1N. The predicted molar refractivity (Wildman–Crippen MR) is 85.8 cm³/mol. The maximum absolute atomic E-state index is 6.35. The maximum Gasteiger partial charge on any atom is 0.131 e. The molecule has 0 bridgehead atoms. The van der Waals surface area contributed by atoms with Crippen molar-refractivity contribution in [3.8, 4) is 11.3 Å². The van der Waals surface area contributed by atoms with Crippen molar-refractivity contribution in [3.63, 3.8) is 0 Å². The number of aromatic nitrogens is 2. The normalized spacial score (nSPS) is 11.2. The summed E-state index contributed by atoms with van der Waals surface area (Å²) in [7, 11) is 0. The van der Waals surface area contributed by atoms with Gasteiger partial charge >= 0.3 is 0 Å². The van der Waals surface area contributed by atoms with Crippen LogP contribution in [0, 0.1) is 6.92 Å². The van der Waals surface area contributed by atoms with Crippen LogP contribution in [-0.4, -0.2) is 9.55 Å². The van der Waals surface area contributed by atoms with Gasteiger partial charge in [0.1, 0.15) is 17.3 Å². The summed E-state index contributed by atoms with van der Waals surface area (Å²) < 4.78 is 2.18. The van der Waals surface area contributed by atoms with E-state index in [1.165, 1.54) is 5.56 Å². The topological polar surface area (TPSA) is 43.8 Å². The lowest BCUT2D eigenvalue weighted by Gasteiger charge is -2.11. The molecule has 0 radical (unpaired) electrons. The molecule has 0 spiro atoms. The summed E-state index contributed by atoms with van der Waals surface area (Å²) in [4.78, 5) is 4.80. The van der Waals surface area contributed by atoms with E-state index in [9.17, 15) is 0 Å². The minimum Gasteiger partial charge on any atom is -0.383 e. The Morgan fingerprint density at radius 2 is 1.85 bits per heavy atom. The summed E-state index contributed by atoms with van der Waals surface area (Å²) in [5.74, 6) is 2.27. The Morgan fingerprint density at radius 3 is 2.40 bits per heavy atom. The number of nitrogens with two attached hydrogens (primary N) is 1. The monoisotopic (exact) mass is 271 g/mol. The Kier molecular flexibility index (Phi) is 4.48. The molecule has 1 aromatic heterocycles. The quantitative estimate of drug-likeness (QED) is 0.877. The number of unbranched alkanes of at least 4 members (excludes halogenated alkanes) is 1. The van der Waals surface area contributed by atoms with Gasteiger partial charge in [0.05, 0.1) is 0 Å². The van der Waals surface area contributed by atoms with Gasteiger partial charge in [0.25, 0.3) is 0 Å². The average molecular weight is 271 g/mol. The fourth-order valence-electron chi connectivity index (χ4n) is 2.40. The first-order chi connectivity index (χ1) is 9.54. The number of hydrogen-bond acceptors (Lipinski definition) is 2. The number of nitrogens with zero attached hydrogens (tertiary/aromatic N) is 2. The van der Waals surface area contributed by atoms with Gasteiger partial charge in [0.15, 0.2) is 0 Å². The molecule has 2 aromatic rings. The van der Waals surface area contributed by atoms with E-state index in [0.29, 0.717) is 5.92 Å². The number of rotatable bonds is 5. The molecule has 20 heavy (non-hydrogen) atoms. The second-order valence-corrected chi connectivity index (χ2v) is 5.73. The number of aryl methyl sites for hydroxylation is 1. The highest BCUT2D eigenvalue weighted by Crippen LogP contribution is 2.29. The first-order valence-electron chi connectivity index (χ1n) is 7.47. The largest absolute Gasteiger partial charge is 0.383 e. The molecule has 3 nitrogen and oxygen atoms in total. The third kappa shape index (κ3) is 2.87. The smallest absolute Gasteiger partial charge is 0.131 e. The van der Waals surface area contributed by atoms with Gasteiger partial charge in [-0.3, -0.25) is 0 Å². The van der Waals surface area contributed by atoms with Gasteiger partial charge in [-0.2, -0.15) is 0 Å². The van der Waals surface area contributed by atoms with Crippen molar-refractivity contribution in [2.24, 2.45) is 0 Å². The van der Waals surface area contributed by atoms with Gasteiger partial charge in [0.2, 0.25) is 0 Å². The summed E-state index contributed by atoms with van der Waals surface area (Å²) in [6, 6.07) is 8.41. The van der Waals surface area contributed by atoms with Crippen molar-refractivity contribution in [3.05, 3.63) is 35.7 Å². The lowest BCUT2D eigenvalue weighted by Crippen LogP contribution is -2.08. The number of imidazole rings is 1. The number of anilines is 1. The summed E-state index contributed by atoms with van der Waals surface area (Å²) >= 11 is 0. The van der Waals surface area contributed by atoms with Crippen LogP contribution < -0.4 is 5.73 Å².